The number of rotatable bonds is 4. The molecule has 0 aliphatic carbocycles. The Morgan fingerprint density at radius 3 is 2.27 bits per heavy atom. The van der Waals surface area contributed by atoms with E-state index in [2.05, 4.69) is 5.16 Å². The first-order valence-electron chi connectivity index (χ1n) is 10.4. The van der Waals surface area contributed by atoms with Crippen LogP contribution in [-0.2, 0) is 4.79 Å². The average molecular weight is 486 g/mol. The zero-order valence-corrected chi connectivity index (χ0v) is 19.6. The summed E-state index contributed by atoms with van der Waals surface area (Å²) in [5, 5.41) is 3.93. The van der Waals surface area contributed by atoms with Crippen LogP contribution in [0.25, 0.3) is 11.3 Å². The molecule has 2 amide bonds. The molecule has 33 heavy (non-hydrogen) atoms. The van der Waals surface area contributed by atoms with Gasteiger partial charge in [0.05, 0.1) is 21.3 Å². The minimum Gasteiger partial charge on any atom is -0.356 e. The molecule has 0 bridgehead atoms. The molecule has 2 aromatic carbocycles. The number of benzene rings is 2. The van der Waals surface area contributed by atoms with Crippen LogP contribution in [-0.4, -0.2) is 58.2 Å². The fraction of sp³-hybridized carbons (Fsp3) is 0.250. The lowest BCUT2D eigenvalue weighted by Crippen LogP contribution is -2.56. The summed E-state index contributed by atoms with van der Waals surface area (Å²) in [6.45, 7) is 4.45. The summed E-state index contributed by atoms with van der Waals surface area (Å²) in [4.78, 5) is 42.0. The predicted molar refractivity (Wildman–Crippen MR) is 125 cm³/mol. The fourth-order valence-electron chi connectivity index (χ4n) is 3.88. The molecule has 0 spiro atoms. The van der Waals surface area contributed by atoms with Crippen LogP contribution < -0.4 is 0 Å². The van der Waals surface area contributed by atoms with Gasteiger partial charge in [-0.2, -0.15) is 0 Å². The first kappa shape index (κ1) is 23.0. The molecule has 1 aliphatic rings. The van der Waals surface area contributed by atoms with Crippen molar-refractivity contribution in [3.8, 4) is 11.3 Å². The van der Waals surface area contributed by atoms with Crippen molar-refractivity contribution in [1.29, 1.82) is 0 Å². The van der Waals surface area contributed by atoms with Gasteiger partial charge in [-0.1, -0.05) is 46.6 Å². The van der Waals surface area contributed by atoms with Gasteiger partial charge in [0.25, 0.3) is 17.6 Å². The van der Waals surface area contributed by atoms with Crippen LogP contribution in [0.3, 0.4) is 0 Å². The minimum absolute atomic E-state index is 0.0513. The van der Waals surface area contributed by atoms with Crippen LogP contribution in [0.15, 0.2) is 53.1 Å². The van der Waals surface area contributed by atoms with E-state index in [0.29, 0.717) is 35.7 Å². The van der Waals surface area contributed by atoms with Gasteiger partial charge < -0.3 is 14.3 Å². The number of piperazine rings is 1. The van der Waals surface area contributed by atoms with E-state index in [1.54, 1.807) is 49.1 Å². The van der Waals surface area contributed by atoms with E-state index >= 15 is 0 Å². The maximum atomic E-state index is 13.0. The second-order valence-corrected chi connectivity index (χ2v) is 8.76. The molecule has 1 atom stereocenters. The number of aromatic nitrogens is 1. The molecule has 1 aromatic heterocycles. The number of hydrogen-bond donors (Lipinski definition) is 0. The normalized spacial score (nSPS) is 16.1. The highest BCUT2D eigenvalue weighted by atomic mass is 35.5. The van der Waals surface area contributed by atoms with E-state index in [0.717, 1.165) is 0 Å². The molecule has 7 nitrogen and oxygen atoms in total. The van der Waals surface area contributed by atoms with E-state index in [1.807, 2.05) is 6.07 Å². The SMILES string of the molecule is Cc1cc(-c2cc(Cl)c(C(=O)C(=O)N3CCN(C(=O)c4ccccc4)C[C@H]3C)c(Cl)c2)on1. The third kappa shape index (κ3) is 4.65. The second-order valence-electron chi connectivity index (χ2n) is 7.94. The average Bonchev–Trinajstić information content (AvgIpc) is 3.24. The summed E-state index contributed by atoms with van der Waals surface area (Å²) >= 11 is 12.7. The van der Waals surface area contributed by atoms with Crippen LogP contribution >= 0.6 is 23.2 Å². The van der Waals surface area contributed by atoms with Crippen molar-refractivity contribution in [3.05, 3.63) is 75.4 Å². The number of aryl methyl sites for hydroxylation is 1. The summed E-state index contributed by atoms with van der Waals surface area (Å²) in [7, 11) is 0. The molecule has 9 heteroatoms. The monoisotopic (exact) mass is 485 g/mol. The molecule has 1 fully saturated rings. The minimum atomic E-state index is -0.792. The Morgan fingerprint density at radius 2 is 1.70 bits per heavy atom. The van der Waals surface area contributed by atoms with Crippen LogP contribution in [0.2, 0.25) is 10.0 Å². The Balaban J connectivity index is 1.49. The molecule has 0 unspecified atom stereocenters. The molecule has 0 N–H and O–H groups in total. The molecule has 4 rings (SSSR count). The van der Waals surface area contributed by atoms with Crippen molar-refractivity contribution in [1.82, 2.24) is 15.0 Å². The van der Waals surface area contributed by atoms with Gasteiger partial charge in [0.15, 0.2) is 5.76 Å². The number of hydrogen-bond acceptors (Lipinski definition) is 5. The molecule has 170 valence electrons. The lowest BCUT2D eigenvalue weighted by molar-refractivity contribution is -0.130. The highest BCUT2D eigenvalue weighted by Gasteiger charge is 2.35. The van der Waals surface area contributed by atoms with Gasteiger partial charge in [-0.05, 0) is 38.1 Å². The van der Waals surface area contributed by atoms with Crippen LogP contribution in [0.5, 0.6) is 0 Å². The van der Waals surface area contributed by atoms with Gasteiger partial charge in [-0.3, -0.25) is 14.4 Å². The second kappa shape index (κ2) is 9.37. The van der Waals surface area contributed by atoms with Crippen LogP contribution in [0.4, 0.5) is 0 Å². The summed E-state index contributed by atoms with van der Waals surface area (Å²) in [6.07, 6.45) is 0. The number of halogens is 2. The molecule has 0 radical (unpaired) electrons. The van der Waals surface area contributed by atoms with Gasteiger partial charge in [-0.25, -0.2) is 0 Å². The topological polar surface area (TPSA) is 83.7 Å². The number of Topliss-reactive ketones (excluding diaryl/α,β-unsaturated/α-hetero) is 1. The Kier molecular flexibility index (Phi) is 6.54. The van der Waals surface area contributed by atoms with Crippen molar-refractivity contribution < 1.29 is 18.9 Å². The van der Waals surface area contributed by atoms with E-state index < -0.39 is 11.7 Å². The van der Waals surface area contributed by atoms with Crippen molar-refractivity contribution in [2.45, 2.75) is 19.9 Å². The Hall–Kier alpha value is -3.16. The number of amides is 2. The molecule has 1 saturated heterocycles. The Bertz CT molecular complexity index is 1200. The van der Waals surface area contributed by atoms with E-state index in [-0.39, 0.29) is 34.1 Å². The molecule has 3 aromatic rings. The number of carbonyl (C=O) groups excluding carboxylic acids is 3. The van der Waals surface area contributed by atoms with E-state index in [9.17, 15) is 14.4 Å². The van der Waals surface area contributed by atoms with Gasteiger partial charge in [0, 0.05) is 42.9 Å². The standard InChI is InChI=1S/C24H21Cl2N3O4/c1-14-10-20(33-27-14)17-11-18(25)21(19(26)12-17)22(30)24(32)29-9-8-28(13-15(29)2)23(31)16-6-4-3-5-7-16/h3-7,10-12,15H,8-9,13H2,1-2H3/t15-/m1/s1. The predicted octanol–water partition coefficient (Wildman–Crippen LogP) is 4.51. The Morgan fingerprint density at radius 1 is 1.03 bits per heavy atom. The highest BCUT2D eigenvalue weighted by molar-refractivity contribution is 6.51. The van der Waals surface area contributed by atoms with E-state index in [4.69, 9.17) is 27.7 Å². The molecule has 2 heterocycles. The van der Waals surface area contributed by atoms with Gasteiger partial charge in [0.1, 0.15) is 0 Å². The van der Waals surface area contributed by atoms with Crippen molar-refractivity contribution in [2.24, 2.45) is 0 Å². The summed E-state index contributed by atoms with van der Waals surface area (Å²) in [5.74, 6) is -1.15. The maximum absolute atomic E-state index is 13.0. The summed E-state index contributed by atoms with van der Waals surface area (Å²) in [5.41, 5.74) is 1.77. The molecular weight excluding hydrogens is 465 g/mol. The van der Waals surface area contributed by atoms with Crippen molar-refractivity contribution in [3.63, 3.8) is 0 Å². The summed E-state index contributed by atoms with van der Waals surface area (Å²) < 4.78 is 5.22. The van der Waals surface area contributed by atoms with Crippen molar-refractivity contribution >= 4 is 40.8 Å². The number of carbonyl (C=O) groups is 3. The first-order valence-corrected chi connectivity index (χ1v) is 11.1. The van der Waals surface area contributed by atoms with Crippen LogP contribution in [0, 0.1) is 6.92 Å². The van der Waals surface area contributed by atoms with Crippen LogP contribution in [0.1, 0.15) is 33.3 Å². The van der Waals surface area contributed by atoms with Gasteiger partial charge >= 0.3 is 0 Å². The molecular formula is C24H21Cl2N3O4. The highest BCUT2D eigenvalue weighted by Crippen LogP contribution is 2.33. The van der Waals surface area contributed by atoms with E-state index in [1.165, 1.54) is 17.0 Å². The lowest BCUT2D eigenvalue weighted by atomic mass is 10.0. The first-order chi connectivity index (χ1) is 15.8. The van der Waals surface area contributed by atoms with Crippen molar-refractivity contribution in [2.75, 3.05) is 19.6 Å². The molecule has 1 aliphatic heterocycles. The lowest BCUT2D eigenvalue weighted by Gasteiger charge is -2.39. The third-order valence-corrected chi connectivity index (χ3v) is 6.17. The van der Waals surface area contributed by atoms with Gasteiger partial charge in [0.2, 0.25) is 0 Å². The zero-order chi connectivity index (χ0) is 23.7. The smallest absolute Gasteiger partial charge is 0.295 e. The zero-order valence-electron chi connectivity index (χ0n) is 18.0. The Labute approximate surface area is 200 Å². The van der Waals surface area contributed by atoms with Gasteiger partial charge in [-0.15, -0.1) is 0 Å². The largest absolute Gasteiger partial charge is 0.356 e. The fourth-order valence-corrected chi connectivity index (χ4v) is 4.54. The number of ketones is 1. The maximum Gasteiger partial charge on any atom is 0.295 e. The third-order valence-electron chi connectivity index (χ3n) is 5.57. The molecule has 0 saturated carbocycles. The quantitative estimate of drug-likeness (QED) is 0.400. The summed E-state index contributed by atoms with van der Waals surface area (Å²) in [6, 6.07) is 13.4. The number of nitrogens with zero attached hydrogens (tertiary/aromatic N) is 3.